The molecule has 5 nitrogen and oxygen atoms in total. The first kappa shape index (κ1) is 21.1. The fourth-order valence-corrected chi connectivity index (χ4v) is 3.20. The number of hydrogen-bond donors (Lipinski definition) is 1. The molecule has 0 saturated carbocycles. The minimum Gasteiger partial charge on any atom is -0.490 e. The Balaban J connectivity index is 1.63. The summed E-state index contributed by atoms with van der Waals surface area (Å²) < 4.78 is 11.2. The number of para-hydroxylation sites is 1. The molecule has 1 N–H and O–H groups in total. The Bertz CT molecular complexity index is 909. The third-order valence-corrected chi connectivity index (χ3v) is 4.70. The lowest BCUT2D eigenvalue weighted by Gasteiger charge is -2.24. The SMILES string of the molecule is CC(=O)c1ccccc1OCC(O)CN(Cc1ccc(Cl)cc1)Cc1ccco1. The van der Waals surface area contributed by atoms with Crippen molar-refractivity contribution in [2.45, 2.75) is 26.1 Å². The van der Waals surface area contributed by atoms with E-state index in [4.69, 9.17) is 20.8 Å². The molecular formula is C23H24ClNO4. The van der Waals surface area contributed by atoms with Gasteiger partial charge in [0.15, 0.2) is 5.78 Å². The van der Waals surface area contributed by atoms with E-state index >= 15 is 0 Å². The van der Waals surface area contributed by atoms with Gasteiger partial charge in [-0.05, 0) is 48.9 Å². The predicted octanol–water partition coefficient (Wildman–Crippen LogP) is 4.58. The molecule has 1 aromatic heterocycles. The van der Waals surface area contributed by atoms with Crippen LogP contribution in [0, 0.1) is 0 Å². The van der Waals surface area contributed by atoms with Crippen LogP contribution in [0.5, 0.6) is 5.75 Å². The van der Waals surface area contributed by atoms with Crippen molar-refractivity contribution >= 4 is 17.4 Å². The Kier molecular flexibility index (Phi) is 7.47. The summed E-state index contributed by atoms with van der Waals surface area (Å²) in [5.74, 6) is 1.22. The molecule has 3 aromatic rings. The number of aliphatic hydroxyl groups excluding tert-OH is 1. The van der Waals surface area contributed by atoms with Crippen LogP contribution in [-0.4, -0.2) is 35.0 Å². The van der Waals surface area contributed by atoms with Gasteiger partial charge in [-0.2, -0.15) is 0 Å². The summed E-state index contributed by atoms with van der Waals surface area (Å²) in [6, 6.07) is 18.4. The van der Waals surface area contributed by atoms with Crippen molar-refractivity contribution in [1.29, 1.82) is 0 Å². The number of benzene rings is 2. The average molecular weight is 414 g/mol. The fourth-order valence-electron chi connectivity index (χ4n) is 3.08. The summed E-state index contributed by atoms with van der Waals surface area (Å²) in [6.07, 6.45) is 0.894. The highest BCUT2D eigenvalue weighted by Gasteiger charge is 2.16. The zero-order valence-corrected chi connectivity index (χ0v) is 17.0. The molecule has 3 rings (SSSR count). The maximum Gasteiger partial charge on any atom is 0.163 e. The van der Waals surface area contributed by atoms with E-state index in [1.165, 1.54) is 6.92 Å². The molecule has 0 aliphatic carbocycles. The van der Waals surface area contributed by atoms with E-state index in [2.05, 4.69) is 4.90 Å². The predicted molar refractivity (Wildman–Crippen MR) is 112 cm³/mol. The molecule has 0 radical (unpaired) electrons. The highest BCUT2D eigenvalue weighted by Crippen LogP contribution is 2.19. The van der Waals surface area contributed by atoms with Gasteiger partial charge >= 0.3 is 0 Å². The molecule has 0 fully saturated rings. The van der Waals surface area contributed by atoms with E-state index < -0.39 is 6.10 Å². The lowest BCUT2D eigenvalue weighted by molar-refractivity contribution is 0.0599. The number of nitrogens with zero attached hydrogens (tertiary/aromatic N) is 1. The van der Waals surface area contributed by atoms with Crippen LogP contribution >= 0.6 is 11.6 Å². The van der Waals surface area contributed by atoms with Gasteiger partial charge in [-0.15, -0.1) is 0 Å². The first-order chi connectivity index (χ1) is 14.0. The van der Waals surface area contributed by atoms with Crippen molar-refractivity contribution in [3.8, 4) is 5.75 Å². The van der Waals surface area contributed by atoms with Crippen LogP contribution in [0.2, 0.25) is 5.02 Å². The second kappa shape index (κ2) is 10.3. The molecule has 0 aliphatic rings. The maximum atomic E-state index is 11.7. The molecule has 0 amide bonds. The molecule has 0 aliphatic heterocycles. The minimum atomic E-state index is -0.739. The Labute approximate surface area is 175 Å². The molecule has 0 bridgehead atoms. The third kappa shape index (κ3) is 6.46. The van der Waals surface area contributed by atoms with Gasteiger partial charge in [0.25, 0.3) is 0 Å². The summed E-state index contributed by atoms with van der Waals surface area (Å²) in [7, 11) is 0. The molecule has 1 unspecified atom stereocenters. The van der Waals surface area contributed by atoms with Crippen LogP contribution < -0.4 is 4.74 Å². The number of aliphatic hydroxyl groups is 1. The zero-order chi connectivity index (χ0) is 20.6. The van der Waals surface area contributed by atoms with E-state index in [-0.39, 0.29) is 12.4 Å². The minimum absolute atomic E-state index is 0.0720. The molecule has 0 saturated heterocycles. The summed E-state index contributed by atoms with van der Waals surface area (Å²) in [4.78, 5) is 13.8. The molecule has 2 aromatic carbocycles. The Hall–Kier alpha value is -2.60. The molecule has 152 valence electrons. The summed E-state index contributed by atoms with van der Waals surface area (Å²) in [6.45, 7) is 3.14. The molecule has 1 atom stereocenters. The maximum absolute atomic E-state index is 11.7. The van der Waals surface area contributed by atoms with Gasteiger partial charge in [0, 0.05) is 18.1 Å². The van der Waals surface area contributed by atoms with Crippen LogP contribution in [-0.2, 0) is 13.1 Å². The van der Waals surface area contributed by atoms with Gasteiger partial charge in [0.1, 0.15) is 24.2 Å². The highest BCUT2D eigenvalue weighted by molar-refractivity contribution is 6.30. The number of rotatable bonds is 10. The monoisotopic (exact) mass is 413 g/mol. The standard InChI is InChI=1S/C23H24ClNO4/c1-17(26)22-6-2-3-7-23(22)29-16-20(27)14-25(15-21-5-4-12-28-21)13-18-8-10-19(24)11-9-18/h2-12,20,27H,13-16H2,1H3. The van der Waals surface area contributed by atoms with Crippen LogP contribution in [0.25, 0.3) is 0 Å². The normalized spacial score (nSPS) is 12.1. The number of halogens is 1. The molecular weight excluding hydrogens is 390 g/mol. The number of ether oxygens (including phenoxy) is 1. The largest absolute Gasteiger partial charge is 0.490 e. The fraction of sp³-hybridized carbons (Fsp3) is 0.261. The van der Waals surface area contributed by atoms with E-state index in [0.29, 0.717) is 36.0 Å². The lowest BCUT2D eigenvalue weighted by atomic mass is 10.1. The van der Waals surface area contributed by atoms with Gasteiger partial charge < -0.3 is 14.3 Å². The second-order valence-corrected chi connectivity index (χ2v) is 7.33. The van der Waals surface area contributed by atoms with Crippen molar-refractivity contribution in [3.63, 3.8) is 0 Å². The van der Waals surface area contributed by atoms with Crippen molar-refractivity contribution in [2.75, 3.05) is 13.2 Å². The van der Waals surface area contributed by atoms with Crippen molar-refractivity contribution in [1.82, 2.24) is 4.90 Å². The number of carbonyl (C=O) groups excluding carboxylic acids is 1. The first-order valence-corrected chi connectivity index (χ1v) is 9.79. The Morgan fingerprint density at radius 3 is 2.55 bits per heavy atom. The molecule has 0 spiro atoms. The van der Waals surface area contributed by atoms with E-state index in [1.807, 2.05) is 36.4 Å². The van der Waals surface area contributed by atoms with Crippen molar-refractivity contribution < 1.29 is 19.1 Å². The second-order valence-electron chi connectivity index (χ2n) is 6.89. The van der Waals surface area contributed by atoms with Gasteiger partial charge in [-0.1, -0.05) is 35.9 Å². The molecule has 29 heavy (non-hydrogen) atoms. The third-order valence-electron chi connectivity index (χ3n) is 4.45. The van der Waals surface area contributed by atoms with E-state index in [9.17, 15) is 9.90 Å². The van der Waals surface area contributed by atoms with E-state index in [0.717, 1.165) is 11.3 Å². The summed E-state index contributed by atoms with van der Waals surface area (Å²) in [5, 5.41) is 11.2. The average Bonchev–Trinajstić information content (AvgIpc) is 3.21. The number of furan rings is 1. The number of Topliss-reactive ketones (excluding diaryl/α,β-unsaturated/α-hetero) is 1. The molecule has 6 heteroatoms. The smallest absolute Gasteiger partial charge is 0.163 e. The van der Waals surface area contributed by atoms with Crippen molar-refractivity contribution in [3.05, 3.63) is 88.8 Å². The Morgan fingerprint density at radius 2 is 1.86 bits per heavy atom. The summed E-state index contributed by atoms with van der Waals surface area (Å²) >= 11 is 5.97. The van der Waals surface area contributed by atoms with Crippen LogP contribution in [0.1, 0.15) is 28.6 Å². The van der Waals surface area contributed by atoms with Crippen LogP contribution in [0.4, 0.5) is 0 Å². The van der Waals surface area contributed by atoms with Crippen molar-refractivity contribution in [2.24, 2.45) is 0 Å². The van der Waals surface area contributed by atoms with Gasteiger partial charge in [0.05, 0.1) is 18.4 Å². The highest BCUT2D eigenvalue weighted by atomic mass is 35.5. The quantitative estimate of drug-likeness (QED) is 0.493. The summed E-state index contributed by atoms with van der Waals surface area (Å²) in [5.41, 5.74) is 1.59. The first-order valence-electron chi connectivity index (χ1n) is 9.41. The number of ketones is 1. The Morgan fingerprint density at radius 1 is 1.10 bits per heavy atom. The zero-order valence-electron chi connectivity index (χ0n) is 16.3. The lowest BCUT2D eigenvalue weighted by Crippen LogP contribution is -2.35. The molecule has 1 heterocycles. The van der Waals surface area contributed by atoms with Gasteiger partial charge in [-0.3, -0.25) is 9.69 Å². The van der Waals surface area contributed by atoms with Crippen LogP contribution in [0.3, 0.4) is 0 Å². The van der Waals surface area contributed by atoms with E-state index in [1.54, 1.807) is 30.5 Å². The number of hydrogen-bond acceptors (Lipinski definition) is 5. The van der Waals surface area contributed by atoms with Gasteiger partial charge in [0.2, 0.25) is 0 Å². The topological polar surface area (TPSA) is 62.9 Å². The van der Waals surface area contributed by atoms with Crippen LogP contribution in [0.15, 0.2) is 71.3 Å². The van der Waals surface area contributed by atoms with Gasteiger partial charge in [-0.25, -0.2) is 0 Å². The number of carbonyl (C=O) groups is 1.